The van der Waals surface area contributed by atoms with E-state index in [0.29, 0.717) is 16.1 Å². The van der Waals surface area contributed by atoms with Crippen LogP contribution in [0.3, 0.4) is 0 Å². The quantitative estimate of drug-likeness (QED) is 0.301. The number of anilines is 1. The topological polar surface area (TPSA) is 58.1 Å². The second-order valence-electron chi connectivity index (χ2n) is 6.98. The number of carbonyl (C=O) groups is 1. The van der Waals surface area contributed by atoms with Gasteiger partial charge in [0.15, 0.2) is 0 Å². The minimum absolute atomic E-state index is 0.188. The van der Waals surface area contributed by atoms with Crippen LogP contribution >= 0.6 is 11.6 Å². The molecule has 0 amide bonds. The maximum Gasteiger partial charge on any atom is 0.386 e. The lowest BCUT2D eigenvalue weighted by molar-refractivity contribution is -0.110. The van der Waals surface area contributed by atoms with Gasteiger partial charge in [-0.1, -0.05) is 35.9 Å². The normalized spacial score (nSPS) is 10.6. The summed E-state index contributed by atoms with van der Waals surface area (Å²) in [5.74, 6) is 0.508. The highest BCUT2D eigenvalue weighted by atomic mass is 35.5. The number of aromatic nitrogens is 2. The molecular formula is C24H27ClF4N4O. The fourth-order valence-corrected chi connectivity index (χ4v) is 3.28. The van der Waals surface area contributed by atoms with E-state index in [2.05, 4.69) is 26.8 Å². The van der Waals surface area contributed by atoms with Crippen LogP contribution in [-0.4, -0.2) is 49.6 Å². The minimum atomic E-state index is -4.00. The molecule has 0 spiro atoms. The summed E-state index contributed by atoms with van der Waals surface area (Å²) in [6.07, 6.45) is 0.270. The Morgan fingerprint density at radius 2 is 1.76 bits per heavy atom. The molecule has 5 nitrogen and oxygen atoms in total. The Morgan fingerprint density at radius 3 is 2.35 bits per heavy atom. The first-order valence-electron chi connectivity index (χ1n) is 10.2. The minimum Gasteiger partial charge on any atom is -0.354 e. The summed E-state index contributed by atoms with van der Waals surface area (Å²) in [7, 11) is 1.92. The van der Waals surface area contributed by atoms with Gasteiger partial charge >= 0.3 is 6.18 Å². The van der Waals surface area contributed by atoms with E-state index in [1.54, 1.807) is 18.2 Å². The van der Waals surface area contributed by atoms with Gasteiger partial charge in [-0.05, 0) is 31.7 Å². The fourth-order valence-electron chi connectivity index (χ4n) is 3.02. The maximum atomic E-state index is 14.2. The smallest absolute Gasteiger partial charge is 0.354 e. The number of nitrogens with one attached hydrogen (secondary N) is 1. The SMILES string of the molecule is C=CCCN(CCNC)c1ncnc2cc(-c3ccccc3F)c(Cl)cc12.C=O.CC(F)(F)F. The Morgan fingerprint density at radius 1 is 1.12 bits per heavy atom. The van der Waals surface area contributed by atoms with Gasteiger partial charge in [0, 0.05) is 48.1 Å². The summed E-state index contributed by atoms with van der Waals surface area (Å²) in [4.78, 5) is 19.1. The van der Waals surface area contributed by atoms with Crippen molar-refractivity contribution in [2.45, 2.75) is 19.5 Å². The van der Waals surface area contributed by atoms with Gasteiger partial charge in [0.25, 0.3) is 0 Å². The third-order valence-electron chi connectivity index (χ3n) is 4.40. The predicted molar refractivity (Wildman–Crippen MR) is 130 cm³/mol. The average molecular weight is 499 g/mol. The molecule has 1 N–H and O–H groups in total. The highest BCUT2D eigenvalue weighted by molar-refractivity contribution is 6.34. The highest BCUT2D eigenvalue weighted by Gasteiger charge is 2.16. The van der Waals surface area contributed by atoms with Crippen LogP contribution in [0.25, 0.3) is 22.0 Å². The second kappa shape index (κ2) is 14.3. The van der Waals surface area contributed by atoms with Gasteiger partial charge in [0.2, 0.25) is 0 Å². The summed E-state index contributed by atoms with van der Waals surface area (Å²) in [6.45, 7) is 8.41. The first-order chi connectivity index (χ1) is 16.2. The van der Waals surface area contributed by atoms with Gasteiger partial charge in [0.05, 0.1) is 5.52 Å². The van der Waals surface area contributed by atoms with Crippen LogP contribution in [0, 0.1) is 5.82 Å². The van der Waals surface area contributed by atoms with E-state index in [9.17, 15) is 17.6 Å². The molecule has 3 aromatic rings. The number of hydrogen-bond acceptors (Lipinski definition) is 5. The first kappa shape index (κ1) is 29.0. The highest BCUT2D eigenvalue weighted by Crippen LogP contribution is 2.35. The monoisotopic (exact) mass is 498 g/mol. The molecule has 0 aliphatic carbocycles. The Labute approximate surface area is 201 Å². The van der Waals surface area contributed by atoms with E-state index in [-0.39, 0.29) is 12.7 Å². The zero-order chi connectivity index (χ0) is 25.7. The number of benzene rings is 2. The molecule has 0 aliphatic rings. The molecule has 0 aliphatic heterocycles. The van der Waals surface area contributed by atoms with Gasteiger partial charge in [-0.3, -0.25) is 0 Å². The summed E-state index contributed by atoms with van der Waals surface area (Å²) < 4.78 is 45.3. The molecule has 10 heteroatoms. The lowest BCUT2D eigenvalue weighted by Crippen LogP contribution is -2.32. The van der Waals surface area contributed by atoms with Crippen LogP contribution in [0.2, 0.25) is 5.02 Å². The van der Waals surface area contributed by atoms with Crippen LogP contribution < -0.4 is 10.2 Å². The predicted octanol–water partition coefficient (Wildman–Crippen LogP) is 6.07. The van der Waals surface area contributed by atoms with E-state index >= 15 is 0 Å². The lowest BCUT2D eigenvalue weighted by Gasteiger charge is -2.24. The molecule has 3 rings (SSSR count). The molecule has 184 valence electrons. The van der Waals surface area contributed by atoms with Crippen molar-refractivity contribution in [2.24, 2.45) is 0 Å². The summed E-state index contributed by atoms with van der Waals surface area (Å²) in [6, 6.07) is 10.2. The Kier molecular flexibility index (Phi) is 12.2. The summed E-state index contributed by atoms with van der Waals surface area (Å²) in [5.41, 5.74) is 1.82. The number of nitrogens with zero attached hydrogens (tertiary/aromatic N) is 3. The molecule has 1 aromatic heterocycles. The van der Waals surface area contributed by atoms with Crippen LogP contribution in [0.5, 0.6) is 0 Å². The first-order valence-corrected chi connectivity index (χ1v) is 10.6. The summed E-state index contributed by atoms with van der Waals surface area (Å²) >= 11 is 6.53. The number of halogens is 5. The molecule has 1 heterocycles. The van der Waals surface area contributed by atoms with E-state index in [1.165, 1.54) is 12.4 Å². The zero-order valence-corrected chi connectivity index (χ0v) is 19.8. The molecule has 0 atom stereocenters. The molecule has 0 unspecified atom stereocenters. The standard InChI is InChI=1S/C21H22ClFN4.C2H3F3.CH2O/c1-3-4-10-27(11-9-24-2)21-17-12-18(22)16(13-20(17)25-14-26-21)15-7-5-6-8-19(15)23;1-2(3,4)5;1-2/h3,5-8,12-14,24H,1,4,9-11H2,2H3;1H3;1H2. The van der Waals surface area contributed by atoms with Crippen molar-refractivity contribution in [1.82, 2.24) is 15.3 Å². The Balaban J connectivity index is 0.000000733. The van der Waals surface area contributed by atoms with Gasteiger partial charge in [-0.2, -0.15) is 13.2 Å². The summed E-state index contributed by atoms with van der Waals surface area (Å²) in [5, 5.41) is 4.48. The second-order valence-corrected chi connectivity index (χ2v) is 7.38. The van der Waals surface area contributed by atoms with Crippen molar-refractivity contribution in [3.05, 3.63) is 66.2 Å². The number of likely N-dealkylation sites (N-methyl/N-ethyl adjacent to an activating group) is 1. The largest absolute Gasteiger partial charge is 0.386 e. The maximum absolute atomic E-state index is 14.2. The van der Waals surface area contributed by atoms with Crippen LogP contribution in [0.15, 0.2) is 55.4 Å². The molecule has 0 radical (unpaired) electrons. The third-order valence-corrected chi connectivity index (χ3v) is 4.71. The number of hydrogen-bond donors (Lipinski definition) is 1. The molecule has 0 fully saturated rings. The van der Waals surface area contributed by atoms with Gasteiger partial charge in [0.1, 0.15) is 24.8 Å². The lowest BCUT2D eigenvalue weighted by atomic mass is 10.0. The average Bonchev–Trinajstić information content (AvgIpc) is 2.79. The molecule has 0 bridgehead atoms. The van der Waals surface area contributed by atoms with Crippen molar-refractivity contribution in [2.75, 3.05) is 31.6 Å². The number of carbonyl (C=O) groups excluding carboxylic acids is 1. The molecule has 34 heavy (non-hydrogen) atoms. The van der Waals surface area contributed by atoms with Crippen LogP contribution in [0.1, 0.15) is 13.3 Å². The van der Waals surface area contributed by atoms with Crippen molar-refractivity contribution in [3.63, 3.8) is 0 Å². The third kappa shape index (κ3) is 9.07. The van der Waals surface area contributed by atoms with Crippen LogP contribution in [0.4, 0.5) is 23.4 Å². The van der Waals surface area contributed by atoms with Crippen molar-refractivity contribution >= 4 is 35.1 Å². The molecule has 2 aromatic carbocycles. The van der Waals surface area contributed by atoms with Crippen molar-refractivity contribution in [1.29, 1.82) is 0 Å². The van der Waals surface area contributed by atoms with E-state index in [0.717, 1.165) is 42.8 Å². The molecular weight excluding hydrogens is 472 g/mol. The van der Waals surface area contributed by atoms with Gasteiger partial charge < -0.3 is 15.0 Å². The molecule has 0 saturated heterocycles. The number of rotatable bonds is 8. The van der Waals surface area contributed by atoms with E-state index in [1.807, 2.05) is 32.0 Å². The number of alkyl halides is 3. The van der Waals surface area contributed by atoms with Gasteiger partial charge in [-0.15, -0.1) is 6.58 Å². The van der Waals surface area contributed by atoms with Crippen molar-refractivity contribution in [3.8, 4) is 11.1 Å². The van der Waals surface area contributed by atoms with E-state index < -0.39 is 6.18 Å². The molecule has 0 saturated carbocycles. The van der Waals surface area contributed by atoms with E-state index in [4.69, 9.17) is 16.4 Å². The Bertz CT molecular complexity index is 1060. The van der Waals surface area contributed by atoms with Crippen molar-refractivity contribution < 1.29 is 22.4 Å². The zero-order valence-electron chi connectivity index (χ0n) is 19.0. The van der Waals surface area contributed by atoms with Gasteiger partial charge in [-0.25, -0.2) is 14.4 Å². The van der Waals surface area contributed by atoms with Crippen LogP contribution in [-0.2, 0) is 4.79 Å². The Hall–Kier alpha value is -3.04. The number of fused-ring (bicyclic) bond motifs is 1. The fraction of sp³-hybridized carbons (Fsp3) is 0.292.